The highest BCUT2D eigenvalue weighted by Gasteiger charge is 2.35. The maximum absolute atomic E-state index is 12.6. The molecule has 0 saturated carbocycles. The van der Waals surface area contributed by atoms with Crippen LogP contribution in [0.2, 0.25) is 0 Å². The van der Waals surface area contributed by atoms with Gasteiger partial charge in [-0.05, 0) is 13.0 Å². The van der Waals surface area contributed by atoms with Crippen molar-refractivity contribution in [3.8, 4) is 5.69 Å². The quantitative estimate of drug-likeness (QED) is 0.829. The van der Waals surface area contributed by atoms with Crippen molar-refractivity contribution in [3.05, 3.63) is 47.2 Å². The summed E-state index contributed by atoms with van der Waals surface area (Å²) in [6.07, 6.45) is 2.15. The van der Waals surface area contributed by atoms with Gasteiger partial charge in [0, 0.05) is 17.9 Å². The third kappa shape index (κ3) is 2.12. The minimum atomic E-state index is -0.699. The standard InChI is InChI=1S/C16H20N4O2/c1-10-14-11(8-16(2,3)15(17)21)18-9-19(14)12-6-4-5-7-13(12)20(10)22/h4-7,9-10,20H,8H2,1-3H3,(H2,17,21). The Kier molecular flexibility index (Phi) is 3.30. The molecule has 2 heterocycles. The lowest BCUT2D eigenvalue weighted by Crippen LogP contribution is -3.03. The molecule has 0 bridgehead atoms. The largest absolute Gasteiger partial charge is 0.628 e. The summed E-state index contributed by atoms with van der Waals surface area (Å²) >= 11 is 0. The van der Waals surface area contributed by atoms with E-state index in [9.17, 15) is 10.0 Å². The molecule has 0 fully saturated rings. The summed E-state index contributed by atoms with van der Waals surface area (Å²) in [6.45, 7) is 5.47. The molecule has 2 atom stereocenters. The smallest absolute Gasteiger partial charge is 0.223 e. The number of rotatable bonds is 3. The zero-order chi connectivity index (χ0) is 16.1. The average molecular weight is 300 g/mol. The molecule has 2 unspecified atom stereocenters. The van der Waals surface area contributed by atoms with Gasteiger partial charge in [-0.1, -0.05) is 26.0 Å². The Morgan fingerprint density at radius 3 is 2.82 bits per heavy atom. The molecule has 22 heavy (non-hydrogen) atoms. The second kappa shape index (κ2) is 4.93. The summed E-state index contributed by atoms with van der Waals surface area (Å²) < 4.78 is 1.95. The van der Waals surface area contributed by atoms with Gasteiger partial charge in [-0.2, -0.15) is 0 Å². The van der Waals surface area contributed by atoms with Gasteiger partial charge in [0.05, 0.1) is 5.69 Å². The number of nitrogens with two attached hydrogens (primary N) is 1. The SMILES string of the molecule is CC1c2c(CC(C)(C)C(N)=O)ncn2-c2ccccc2[NH+]1[O-]. The van der Waals surface area contributed by atoms with Gasteiger partial charge in [-0.15, -0.1) is 0 Å². The molecule has 0 aliphatic carbocycles. The number of benzene rings is 1. The number of nitrogens with zero attached hydrogens (tertiary/aromatic N) is 2. The van der Waals surface area contributed by atoms with E-state index in [0.29, 0.717) is 12.1 Å². The minimum Gasteiger partial charge on any atom is -0.628 e. The number of hydroxylamine groups is 1. The van der Waals surface area contributed by atoms with Crippen LogP contribution in [-0.4, -0.2) is 15.5 Å². The number of hydrogen-bond donors (Lipinski definition) is 2. The molecule has 1 aliphatic rings. The van der Waals surface area contributed by atoms with Crippen molar-refractivity contribution in [1.82, 2.24) is 9.55 Å². The number of fused-ring (bicyclic) bond motifs is 3. The molecule has 0 radical (unpaired) electrons. The average Bonchev–Trinajstić information content (AvgIpc) is 2.88. The van der Waals surface area contributed by atoms with E-state index in [0.717, 1.165) is 17.1 Å². The fourth-order valence-electron chi connectivity index (χ4n) is 2.94. The van der Waals surface area contributed by atoms with Crippen LogP contribution in [0.1, 0.15) is 38.2 Å². The number of imidazole rings is 1. The van der Waals surface area contributed by atoms with Gasteiger partial charge in [-0.25, -0.2) is 4.98 Å². The number of para-hydroxylation sites is 2. The lowest BCUT2D eigenvalue weighted by molar-refractivity contribution is -0.813. The number of carbonyl (C=O) groups excluding carboxylic acids is 1. The lowest BCUT2D eigenvalue weighted by atomic mass is 9.86. The molecular weight excluding hydrogens is 280 g/mol. The Hall–Kier alpha value is -2.18. The van der Waals surface area contributed by atoms with Gasteiger partial charge in [-0.3, -0.25) is 9.36 Å². The first-order valence-corrected chi connectivity index (χ1v) is 7.32. The van der Waals surface area contributed by atoms with E-state index in [1.807, 2.05) is 35.8 Å². The van der Waals surface area contributed by atoms with Crippen molar-refractivity contribution < 1.29 is 9.86 Å². The number of quaternary nitrogens is 1. The Balaban J connectivity index is 2.11. The van der Waals surface area contributed by atoms with E-state index >= 15 is 0 Å². The third-order valence-electron chi connectivity index (χ3n) is 4.39. The summed E-state index contributed by atoms with van der Waals surface area (Å²) in [7, 11) is 0. The molecule has 1 aromatic carbocycles. The molecule has 0 saturated heterocycles. The van der Waals surface area contributed by atoms with Gasteiger partial charge in [0.1, 0.15) is 23.8 Å². The van der Waals surface area contributed by atoms with Crippen molar-refractivity contribution >= 4 is 11.6 Å². The van der Waals surface area contributed by atoms with Gasteiger partial charge < -0.3 is 16.0 Å². The van der Waals surface area contributed by atoms with Crippen LogP contribution in [0, 0.1) is 10.6 Å². The van der Waals surface area contributed by atoms with Crippen LogP contribution >= 0.6 is 0 Å². The fourth-order valence-corrected chi connectivity index (χ4v) is 2.94. The van der Waals surface area contributed by atoms with Gasteiger partial charge in [0.25, 0.3) is 0 Å². The molecule has 0 spiro atoms. The second-order valence-corrected chi connectivity index (χ2v) is 6.47. The van der Waals surface area contributed by atoms with Crippen LogP contribution in [0.4, 0.5) is 5.69 Å². The van der Waals surface area contributed by atoms with Crippen molar-refractivity contribution in [2.45, 2.75) is 33.2 Å². The molecular formula is C16H20N4O2. The molecule has 2 aromatic rings. The highest BCUT2D eigenvalue weighted by Crippen LogP contribution is 2.32. The maximum atomic E-state index is 12.6. The van der Waals surface area contributed by atoms with Gasteiger partial charge >= 0.3 is 0 Å². The summed E-state index contributed by atoms with van der Waals surface area (Å²) in [4.78, 5) is 16.0. The maximum Gasteiger partial charge on any atom is 0.223 e. The van der Waals surface area contributed by atoms with Crippen LogP contribution in [-0.2, 0) is 11.2 Å². The molecule has 1 amide bonds. The first-order chi connectivity index (χ1) is 10.3. The minimum absolute atomic E-state index is 0.0849. The monoisotopic (exact) mass is 300 g/mol. The van der Waals surface area contributed by atoms with Gasteiger partial charge in [0.15, 0.2) is 5.69 Å². The number of amides is 1. The summed E-state index contributed by atoms with van der Waals surface area (Å²) in [6, 6.07) is 7.23. The first kappa shape index (κ1) is 14.7. The Morgan fingerprint density at radius 1 is 1.45 bits per heavy atom. The van der Waals surface area contributed by atoms with Crippen LogP contribution in [0.15, 0.2) is 30.6 Å². The number of primary amides is 1. The van der Waals surface area contributed by atoms with E-state index in [2.05, 4.69) is 4.98 Å². The summed E-state index contributed by atoms with van der Waals surface area (Å²) in [5, 5.41) is 12.7. The Bertz CT molecular complexity index is 735. The number of aromatic nitrogens is 2. The topological polar surface area (TPSA) is 88.4 Å². The molecule has 1 aliphatic heterocycles. The van der Waals surface area contributed by atoms with Gasteiger partial charge in [0.2, 0.25) is 5.91 Å². The lowest BCUT2D eigenvalue weighted by Gasteiger charge is -2.35. The first-order valence-electron chi connectivity index (χ1n) is 7.32. The molecule has 116 valence electrons. The molecule has 1 aromatic heterocycles. The van der Waals surface area contributed by atoms with E-state index in [-0.39, 0.29) is 17.0 Å². The fraction of sp³-hybridized carbons (Fsp3) is 0.375. The number of carbonyl (C=O) groups is 1. The van der Waals surface area contributed by atoms with E-state index in [1.165, 1.54) is 0 Å². The zero-order valence-electron chi connectivity index (χ0n) is 13.0. The Morgan fingerprint density at radius 2 is 2.14 bits per heavy atom. The second-order valence-electron chi connectivity index (χ2n) is 6.47. The van der Waals surface area contributed by atoms with E-state index < -0.39 is 5.41 Å². The number of hydrogen-bond acceptors (Lipinski definition) is 3. The molecule has 6 nitrogen and oxygen atoms in total. The van der Waals surface area contributed by atoms with Crippen LogP contribution < -0.4 is 10.8 Å². The van der Waals surface area contributed by atoms with Crippen molar-refractivity contribution in [2.24, 2.45) is 11.1 Å². The van der Waals surface area contributed by atoms with Crippen LogP contribution in [0.3, 0.4) is 0 Å². The van der Waals surface area contributed by atoms with Crippen LogP contribution in [0.25, 0.3) is 5.69 Å². The van der Waals surface area contributed by atoms with Crippen LogP contribution in [0.5, 0.6) is 0 Å². The molecule has 6 heteroatoms. The van der Waals surface area contributed by atoms with E-state index in [4.69, 9.17) is 5.73 Å². The highest BCUT2D eigenvalue weighted by atomic mass is 16.5. The molecule has 3 N–H and O–H groups in total. The summed E-state index contributed by atoms with van der Waals surface area (Å²) in [5.41, 5.74) is 7.94. The Labute approximate surface area is 129 Å². The highest BCUT2D eigenvalue weighted by molar-refractivity contribution is 5.80. The zero-order valence-corrected chi connectivity index (χ0v) is 13.0. The van der Waals surface area contributed by atoms with E-state index in [1.54, 1.807) is 20.2 Å². The van der Waals surface area contributed by atoms with Crippen molar-refractivity contribution in [1.29, 1.82) is 0 Å². The van der Waals surface area contributed by atoms with Crippen molar-refractivity contribution in [3.63, 3.8) is 0 Å². The summed E-state index contributed by atoms with van der Waals surface area (Å²) in [5.74, 6) is -0.371. The normalized spacial score (nSPS) is 20.4. The third-order valence-corrected chi connectivity index (χ3v) is 4.39. The predicted molar refractivity (Wildman–Crippen MR) is 82.6 cm³/mol. The van der Waals surface area contributed by atoms with Crippen molar-refractivity contribution in [2.75, 3.05) is 0 Å². The molecule has 3 rings (SSSR count). The number of nitrogens with one attached hydrogen (secondary N) is 1. The predicted octanol–water partition coefficient (Wildman–Crippen LogP) is 1.02.